The molecule has 0 fully saturated rings. The molecule has 0 bridgehead atoms. The number of hydrogen-bond donors (Lipinski definition) is 0. The van der Waals surface area contributed by atoms with Gasteiger partial charge in [-0.2, -0.15) is 0 Å². The Morgan fingerprint density at radius 1 is 0.639 bits per heavy atom. The van der Waals surface area contributed by atoms with Gasteiger partial charge < -0.3 is 4.74 Å². The Bertz CT molecular complexity index is 1400. The van der Waals surface area contributed by atoms with Gasteiger partial charge in [0, 0.05) is 10.2 Å². The Morgan fingerprint density at radius 2 is 1.19 bits per heavy atom. The lowest BCUT2D eigenvalue weighted by Crippen LogP contribution is -2.25. The average molecular weight is 507 g/mol. The number of ether oxygens (including phenoxy) is 1. The molecule has 0 N–H and O–H groups in total. The van der Waals surface area contributed by atoms with Crippen molar-refractivity contribution in [1.29, 1.82) is 0 Å². The van der Waals surface area contributed by atoms with Gasteiger partial charge >= 0.3 is 0 Å². The molecule has 2 nitrogen and oxygen atoms in total. The molecular weight excluding hydrogens is 479 g/mol. The van der Waals surface area contributed by atoms with Crippen LogP contribution in [0, 0.1) is 6.92 Å². The summed E-state index contributed by atoms with van der Waals surface area (Å²) in [7, 11) is -2.37. The van der Waals surface area contributed by atoms with Gasteiger partial charge in [-0.05, 0) is 55.3 Å². The van der Waals surface area contributed by atoms with Gasteiger partial charge in [-0.3, -0.25) is 0 Å². The highest BCUT2D eigenvalue weighted by Crippen LogP contribution is 2.40. The van der Waals surface area contributed by atoms with Crippen LogP contribution in [0.5, 0.6) is 5.75 Å². The summed E-state index contributed by atoms with van der Waals surface area (Å²) in [5.41, 5.74) is 2.24. The summed E-state index contributed by atoms with van der Waals surface area (Å²) in [6.45, 7) is 2.49. The smallest absolute Gasteiger partial charge is 0.129 e. The van der Waals surface area contributed by atoms with Crippen molar-refractivity contribution in [3.63, 3.8) is 0 Å². The fraction of sp³-hybridized carbons (Fsp3) is 0.0625. The molecule has 5 aromatic carbocycles. The van der Waals surface area contributed by atoms with Gasteiger partial charge in [-0.15, -0.1) is 0 Å². The summed E-state index contributed by atoms with van der Waals surface area (Å²) in [5.74, 6) is 0.774. The molecule has 5 rings (SSSR count). The van der Waals surface area contributed by atoms with Crippen LogP contribution in [0.15, 0.2) is 143 Å². The van der Waals surface area contributed by atoms with E-state index in [9.17, 15) is 4.21 Å². The zero-order valence-electron chi connectivity index (χ0n) is 20.1. The van der Waals surface area contributed by atoms with Crippen LogP contribution in [-0.2, 0) is 17.4 Å². The predicted octanol–water partition coefficient (Wildman–Crippen LogP) is 6.50. The molecule has 5 aromatic rings. The molecule has 0 aromatic heterocycles. The average Bonchev–Trinajstić information content (AvgIpc) is 2.94. The lowest BCUT2D eigenvalue weighted by molar-refractivity contribution is 0.308. The molecule has 0 aliphatic rings. The first kappa shape index (κ1) is 24.2. The van der Waals surface area contributed by atoms with Crippen molar-refractivity contribution in [1.82, 2.24) is 0 Å². The van der Waals surface area contributed by atoms with Crippen molar-refractivity contribution >= 4 is 34.6 Å². The molecule has 0 radical (unpaired) electrons. The second-order valence-corrected chi connectivity index (χ2v) is 12.1. The van der Waals surface area contributed by atoms with Gasteiger partial charge in [0.05, 0.1) is 15.7 Å². The number of hydrogen-bond acceptors (Lipinski definition) is 2. The summed E-state index contributed by atoms with van der Waals surface area (Å²) in [6.07, 6.45) is 0. The van der Waals surface area contributed by atoms with Crippen LogP contribution in [-0.4, -0.2) is 4.21 Å². The van der Waals surface area contributed by atoms with E-state index in [1.807, 2.05) is 79.7 Å². The topological polar surface area (TPSA) is 26.3 Å². The van der Waals surface area contributed by atoms with Gasteiger partial charge in [-0.1, -0.05) is 115 Å². The third-order valence-electron chi connectivity index (χ3n) is 5.89. The first-order valence-corrected chi connectivity index (χ1v) is 14.4. The minimum absolute atomic E-state index is 0.446. The molecule has 0 aliphatic carbocycles. The highest BCUT2D eigenvalue weighted by Gasteiger charge is 2.26. The van der Waals surface area contributed by atoms with Crippen molar-refractivity contribution in [2.75, 3.05) is 0 Å². The van der Waals surface area contributed by atoms with Gasteiger partial charge in [0.15, 0.2) is 0 Å². The minimum atomic E-state index is -1.36. The normalized spacial score (nSPS) is 11.8. The Kier molecular flexibility index (Phi) is 7.71. The second kappa shape index (κ2) is 11.5. The van der Waals surface area contributed by atoms with Gasteiger partial charge in [0.25, 0.3) is 0 Å². The largest absolute Gasteiger partial charge is 0.488 e. The van der Waals surface area contributed by atoms with Crippen LogP contribution in [0.25, 0.3) is 0 Å². The van der Waals surface area contributed by atoms with Crippen LogP contribution < -0.4 is 20.7 Å². The summed E-state index contributed by atoms with van der Waals surface area (Å²) < 4.78 is 20.5. The summed E-state index contributed by atoms with van der Waals surface area (Å²) in [5, 5.41) is 3.38. The second-order valence-electron chi connectivity index (χ2n) is 8.47. The summed E-state index contributed by atoms with van der Waals surface area (Å²) in [4.78, 5) is 1.58. The maximum atomic E-state index is 14.0. The van der Waals surface area contributed by atoms with E-state index in [1.54, 1.807) is 0 Å². The van der Waals surface area contributed by atoms with E-state index >= 15 is 0 Å². The third-order valence-corrected chi connectivity index (χ3v) is 10.0. The maximum Gasteiger partial charge on any atom is 0.129 e. The van der Waals surface area contributed by atoms with E-state index in [1.165, 1.54) is 10.6 Å². The molecule has 1 atom stereocenters. The molecule has 36 heavy (non-hydrogen) atoms. The number of aryl methyl sites for hydroxylation is 1. The number of rotatable bonds is 8. The van der Waals surface area contributed by atoms with Crippen LogP contribution >= 0.6 is 7.92 Å². The molecule has 0 spiro atoms. The summed E-state index contributed by atoms with van der Waals surface area (Å²) in [6, 6.07) is 45.0. The van der Waals surface area contributed by atoms with Crippen molar-refractivity contribution in [2.45, 2.75) is 23.3 Å². The SMILES string of the molecule is Cc1ccc(S(=O)c2cccc(OCc3ccccc3)c2P(c2ccccc2)c2ccccc2)cc1. The Hall–Kier alpha value is -3.52. The zero-order chi connectivity index (χ0) is 24.7. The van der Waals surface area contributed by atoms with Crippen LogP contribution in [0.2, 0.25) is 0 Å². The Morgan fingerprint density at radius 3 is 1.78 bits per heavy atom. The molecule has 4 heteroatoms. The van der Waals surface area contributed by atoms with Crippen LogP contribution in [0.3, 0.4) is 0 Å². The van der Waals surface area contributed by atoms with E-state index in [2.05, 4.69) is 60.7 Å². The molecule has 0 heterocycles. The van der Waals surface area contributed by atoms with E-state index in [0.717, 1.165) is 32.0 Å². The molecule has 0 saturated carbocycles. The van der Waals surface area contributed by atoms with Crippen LogP contribution in [0.1, 0.15) is 11.1 Å². The van der Waals surface area contributed by atoms with Gasteiger partial charge in [-0.25, -0.2) is 4.21 Å². The quantitative estimate of drug-likeness (QED) is 0.225. The fourth-order valence-electron chi connectivity index (χ4n) is 4.07. The van der Waals surface area contributed by atoms with Crippen molar-refractivity contribution in [3.05, 3.63) is 145 Å². The fourth-order valence-corrected chi connectivity index (χ4v) is 8.12. The molecule has 0 saturated heterocycles. The molecule has 178 valence electrons. The predicted molar refractivity (Wildman–Crippen MR) is 152 cm³/mol. The number of benzene rings is 5. The third kappa shape index (κ3) is 5.49. The molecular formula is C32H27O2PS. The van der Waals surface area contributed by atoms with Crippen molar-refractivity contribution in [2.24, 2.45) is 0 Å². The van der Waals surface area contributed by atoms with Gasteiger partial charge in [0.2, 0.25) is 0 Å². The monoisotopic (exact) mass is 506 g/mol. The van der Waals surface area contributed by atoms with E-state index in [0.29, 0.717) is 6.61 Å². The van der Waals surface area contributed by atoms with E-state index in [-0.39, 0.29) is 0 Å². The lowest BCUT2D eigenvalue weighted by atomic mass is 10.2. The first-order valence-electron chi connectivity index (χ1n) is 11.9. The van der Waals surface area contributed by atoms with E-state index in [4.69, 9.17) is 4.74 Å². The maximum absolute atomic E-state index is 14.0. The van der Waals surface area contributed by atoms with Crippen molar-refractivity contribution in [3.8, 4) is 5.75 Å². The van der Waals surface area contributed by atoms with Gasteiger partial charge in [0.1, 0.15) is 12.4 Å². The highest BCUT2D eigenvalue weighted by molar-refractivity contribution is 7.87. The standard InChI is InChI=1S/C32H27O2PS/c1-25-20-22-29(23-21-25)36(33)31-19-11-18-30(34-24-26-12-5-2-6-13-26)32(31)35(27-14-7-3-8-15-27)28-16-9-4-10-17-28/h2-23H,24H2,1H3. The Labute approximate surface area is 216 Å². The minimum Gasteiger partial charge on any atom is -0.488 e. The highest BCUT2D eigenvalue weighted by atomic mass is 32.2. The lowest BCUT2D eigenvalue weighted by Gasteiger charge is -2.25. The molecule has 0 aliphatic heterocycles. The molecule has 0 amide bonds. The van der Waals surface area contributed by atoms with E-state index < -0.39 is 18.7 Å². The first-order chi connectivity index (χ1) is 17.7. The Balaban J connectivity index is 1.68. The summed E-state index contributed by atoms with van der Waals surface area (Å²) >= 11 is 0. The van der Waals surface area contributed by atoms with Crippen LogP contribution in [0.4, 0.5) is 0 Å². The zero-order valence-corrected chi connectivity index (χ0v) is 21.8. The van der Waals surface area contributed by atoms with Crippen molar-refractivity contribution < 1.29 is 8.95 Å². The molecule has 1 unspecified atom stereocenters.